The maximum Gasteiger partial charge on any atom is 0.352 e. The minimum Gasteiger partial charge on any atom is -0.508 e. The van der Waals surface area contributed by atoms with Crippen molar-refractivity contribution in [3.8, 4) is 11.4 Å². The van der Waals surface area contributed by atoms with Crippen LogP contribution in [0.1, 0.15) is 23.9 Å². The van der Waals surface area contributed by atoms with Gasteiger partial charge in [0, 0.05) is 39.6 Å². The Kier molecular flexibility index (Phi) is 5.41. The van der Waals surface area contributed by atoms with Gasteiger partial charge >= 0.3 is 11.4 Å². The topological polar surface area (TPSA) is 103 Å². The number of hydrogen-bond donors (Lipinski definition) is 1. The van der Waals surface area contributed by atoms with Crippen molar-refractivity contribution < 1.29 is 14.7 Å². The number of aromatic hydroxyl groups is 1. The van der Waals surface area contributed by atoms with Crippen molar-refractivity contribution in [3.63, 3.8) is 0 Å². The maximum absolute atomic E-state index is 13.7. The van der Waals surface area contributed by atoms with Crippen LogP contribution in [-0.2, 0) is 16.1 Å². The van der Waals surface area contributed by atoms with Crippen molar-refractivity contribution in [3.05, 3.63) is 112 Å². The number of rotatable bonds is 2. The molecule has 0 bridgehead atoms. The molecule has 0 radical (unpaired) electrons. The number of ketones is 2. The molecule has 10 heteroatoms. The van der Waals surface area contributed by atoms with Crippen LogP contribution in [0.15, 0.2) is 95.0 Å². The molecule has 0 amide bonds. The fourth-order valence-electron chi connectivity index (χ4n) is 5.38. The summed E-state index contributed by atoms with van der Waals surface area (Å²) in [6, 6.07) is 12.9. The van der Waals surface area contributed by atoms with Gasteiger partial charge in [-0.2, -0.15) is 0 Å². The van der Waals surface area contributed by atoms with E-state index in [9.17, 15) is 24.3 Å². The largest absolute Gasteiger partial charge is 0.508 e. The van der Waals surface area contributed by atoms with Gasteiger partial charge < -0.3 is 5.11 Å². The first-order valence-electron chi connectivity index (χ1n) is 11.2. The zero-order chi connectivity index (χ0) is 25.3. The Morgan fingerprint density at radius 1 is 1.00 bits per heavy atom. The summed E-state index contributed by atoms with van der Waals surface area (Å²) in [7, 11) is 0. The summed E-state index contributed by atoms with van der Waals surface area (Å²) in [6.07, 6.45) is 3.23. The molecular formula is C26H17BrIN3O5. The number of allylic oxidation sites excluding steroid dienone is 6. The van der Waals surface area contributed by atoms with Crippen LogP contribution in [0.25, 0.3) is 5.69 Å². The van der Waals surface area contributed by atoms with E-state index in [2.05, 4.69) is 15.9 Å². The quantitative estimate of drug-likeness (QED) is 0.257. The number of phenols is 1. The molecule has 2 aromatic carbocycles. The summed E-state index contributed by atoms with van der Waals surface area (Å²) < 4.78 is 4.86. The highest BCUT2D eigenvalue weighted by Crippen LogP contribution is 2.52. The fourth-order valence-corrected chi connectivity index (χ4v) is 6.33. The predicted octanol–water partition coefficient (Wildman–Crippen LogP) is 3.70. The number of nitrogens with zero attached hydrogens (tertiary/aromatic N) is 3. The molecule has 0 spiro atoms. The lowest BCUT2D eigenvalue weighted by Gasteiger charge is -2.39. The fraction of sp³-hybridized carbons (Fsp3) is 0.154. The molecule has 36 heavy (non-hydrogen) atoms. The highest BCUT2D eigenvalue weighted by molar-refractivity contribution is 14.1. The number of para-hydroxylation sites is 1. The molecule has 180 valence electrons. The van der Waals surface area contributed by atoms with Crippen LogP contribution in [0.3, 0.4) is 0 Å². The first-order valence-corrected chi connectivity index (χ1v) is 13.0. The number of hydrogen-bond acceptors (Lipinski definition) is 5. The Labute approximate surface area is 226 Å². The molecule has 1 aliphatic heterocycles. The van der Waals surface area contributed by atoms with Crippen LogP contribution < -0.4 is 11.4 Å². The average Bonchev–Trinajstić information content (AvgIpc) is 3.13. The lowest BCUT2D eigenvalue weighted by Crippen LogP contribution is -2.40. The number of carbonyl (C=O) groups is 2. The van der Waals surface area contributed by atoms with Crippen molar-refractivity contribution >= 4 is 50.1 Å². The summed E-state index contributed by atoms with van der Waals surface area (Å²) in [5, 5.41) is 10.8. The lowest BCUT2D eigenvalue weighted by molar-refractivity contribution is -0.115. The Morgan fingerprint density at radius 2 is 1.75 bits per heavy atom. The first kappa shape index (κ1) is 23.2. The van der Waals surface area contributed by atoms with Gasteiger partial charge in [0.2, 0.25) is 0 Å². The SMILES string of the molecule is O=C1C=C(I)C(=O)C2=C1C[C@@H]1C(=CCn3c(=O)n(-c4ccccc4)c(=O)n31)[C@@H]2c1cc(Br)ccc1O. The predicted molar refractivity (Wildman–Crippen MR) is 144 cm³/mol. The molecule has 0 saturated carbocycles. The molecule has 0 unspecified atom stereocenters. The van der Waals surface area contributed by atoms with E-state index < -0.39 is 23.3 Å². The highest BCUT2D eigenvalue weighted by atomic mass is 127. The van der Waals surface area contributed by atoms with E-state index in [0.29, 0.717) is 36.0 Å². The van der Waals surface area contributed by atoms with E-state index >= 15 is 0 Å². The first-order chi connectivity index (χ1) is 17.3. The van der Waals surface area contributed by atoms with Crippen LogP contribution in [0.4, 0.5) is 0 Å². The highest BCUT2D eigenvalue weighted by Gasteiger charge is 2.45. The van der Waals surface area contributed by atoms with Crippen molar-refractivity contribution in [1.82, 2.24) is 13.9 Å². The van der Waals surface area contributed by atoms with Crippen LogP contribution >= 0.6 is 38.5 Å². The molecule has 1 aromatic heterocycles. The minimum atomic E-state index is -0.748. The number of Topliss-reactive ketones (excluding diaryl/α,β-unsaturated/α-hetero) is 1. The Hall–Kier alpha value is -3.25. The summed E-state index contributed by atoms with van der Waals surface area (Å²) >= 11 is 5.30. The molecule has 0 saturated heterocycles. The minimum absolute atomic E-state index is 0.0291. The van der Waals surface area contributed by atoms with E-state index in [1.54, 1.807) is 42.5 Å². The van der Waals surface area contributed by atoms with Crippen LogP contribution in [0, 0.1) is 0 Å². The average molecular weight is 658 g/mol. The maximum atomic E-state index is 13.7. The standard InChI is InChI=1S/C26H17BrIN3O5/c27-13-6-7-20(32)16(10-13)22-15-8-9-29-25(35)30(14-4-2-1-3-5-14)26(36)31(29)19(15)11-17-21(33)12-18(28)24(34)23(17)22/h1-8,10,12,19,22,32H,9,11H2/t19-,22-/m1/s1. The molecular weight excluding hydrogens is 641 g/mol. The Bertz CT molecular complexity index is 1710. The molecule has 2 atom stereocenters. The van der Waals surface area contributed by atoms with Crippen LogP contribution in [-0.4, -0.2) is 30.6 Å². The van der Waals surface area contributed by atoms with Crippen molar-refractivity contribution in [2.45, 2.75) is 24.9 Å². The van der Waals surface area contributed by atoms with Gasteiger partial charge in [0.15, 0.2) is 11.6 Å². The molecule has 0 fully saturated rings. The molecule has 2 aliphatic carbocycles. The Morgan fingerprint density at radius 3 is 2.50 bits per heavy atom. The van der Waals surface area contributed by atoms with Crippen LogP contribution in [0.5, 0.6) is 5.75 Å². The second-order valence-electron chi connectivity index (χ2n) is 8.80. The summed E-state index contributed by atoms with van der Waals surface area (Å²) in [5.41, 5.74) is 1.20. The van der Waals surface area contributed by atoms with Gasteiger partial charge in [-0.25, -0.2) is 23.5 Å². The third-order valence-electron chi connectivity index (χ3n) is 6.92. The zero-order valence-corrected chi connectivity index (χ0v) is 22.3. The van der Waals surface area contributed by atoms with Gasteiger partial charge in [0.1, 0.15) is 5.75 Å². The monoisotopic (exact) mass is 657 g/mol. The smallest absolute Gasteiger partial charge is 0.352 e. The summed E-state index contributed by atoms with van der Waals surface area (Å²) in [4.78, 5) is 53.5. The van der Waals surface area contributed by atoms with Gasteiger partial charge in [-0.1, -0.05) is 40.2 Å². The third-order valence-corrected chi connectivity index (χ3v) is 8.21. The van der Waals surface area contributed by atoms with E-state index in [1.807, 2.05) is 28.7 Å². The normalized spacial score (nSPS) is 20.9. The summed E-state index contributed by atoms with van der Waals surface area (Å²) in [6.45, 7) is 0.114. The second kappa shape index (κ2) is 8.41. The van der Waals surface area contributed by atoms with E-state index in [0.717, 1.165) is 4.57 Å². The molecule has 3 aromatic rings. The number of aromatic nitrogens is 3. The zero-order valence-electron chi connectivity index (χ0n) is 18.5. The third kappa shape index (κ3) is 3.30. The van der Waals surface area contributed by atoms with E-state index in [-0.39, 0.29) is 30.3 Å². The van der Waals surface area contributed by atoms with Gasteiger partial charge in [-0.15, -0.1) is 0 Å². The van der Waals surface area contributed by atoms with Crippen molar-refractivity contribution in [2.75, 3.05) is 0 Å². The van der Waals surface area contributed by atoms with Crippen LogP contribution in [0.2, 0.25) is 0 Å². The Balaban J connectivity index is 1.61. The molecule has 6 rings (SSSR count). The molecule has 1 N–H and O–H groups in total. The number of phenolic OH excluding ortho intramolecular Hbond substituents is 1. The number of halogens is 2. The van der Waals surface area contributed by atoms with Gasteiger partial charge in [-0.05, 0) is 58.5 Å². The number of carbonyl (C=O) groups excluding carboxylic acids is 2. The van der Waals surface area contributed by atoms with E-state index in [4.69, 9.17) is 0 Å². The van der Waals surface area contributed by atoms with Gasteiger partial charge in [0.25, 0.3) is 0 Å². The second-order valence-corrected chi connectivity index (χ2v) is 10.9. The van der Waals surface area contributed by atoms with Gasteiger partial charge in [-0.3, -0.25) is 9.59 Å². The molecule has 3 aliphatic rings. The van der Waals surface area contributed by atoms with E-state index in [1.165, 1.54) is 21.5 Å². The molecule has 2 heterocycles. The molecule has 8 nitrogen and oxygen atoms in total. The van der Waals surface area contributed by atoms with Crippen molar-refractivity contribution in [2.24, 2.45) is 0 Å². The number of fused-ring (bicyclic) bond motifs is 3. The number of benzene rings is 2. The summed E-state index contributed by atoms with van der Waals surface area (Å²) in [5.74, 6) is -1.35. The van der Waals surface area contributed by atoms with Gasteiger partial charge in [0.05, 0.1) is 21.9 Å². The van der Waals surface area contributed by atoms with Crippen molar-refractivity contribution in [1.29, 1.82) is 0 Å². The lowest BCUT2D eigenvalue weighted by atomic mass is 9.68.